The third-order valence-corrected chi connectivity index (χ3v) is 5.72. The third-order valence-electron chi connectivity index (χ3n) is 5.02. The lowest BCUT2D eigenvalue weighted by Crippen LogP contribution is -2.43. The molecule has 1 aliphatic heterocycles. The van der Waals surface area contributed by atoms with Crippen LogP contribution in [0.3, 0.4) is 0 Å². The Morgan fingerprint density at radius 2 is 1.97 bits per heavy atom. The molecular formula is C20H24N4O4S. The zero-order valence-corrected chi connectivity index (χ0v) is 17.0. The van der Waals surface area contributed by atoms with Crippen LogP contribution >= 0.6 is 11.3 Å². The van der Waals surface area contributed by atoms with E-state index in [1.165, 1.54) is 18.6 Å². The number of nitrogens with zero attached hydrogens (tertiary/aromatic N) is 2. The maximum Gasteiger partial charge on any atom is 0.313 e. The van der Waals surface area contributed by atoms with Crippen LogP contribution in [0.5, 0.6) is 0 Å². The lowest BCUT2D eigenvalue weighted by molar-refractivity contribution is -0.384. The minimum atomic E-state index is -0.917. The molecule has 1 saturated heterocycles. The van der Waals surface area contributed by atoms with Gasteiger partial charge >= 0.3 is 11.8 Å². The molecule has 2 heterocycles. The van der Waals surface area contributed by atoms with Crippen molar-refractivity contribution in [2.75, 3.05) is 25.0 Å². The molecule has 154 valence electrons. The number of likely N-dealkylation sites (tertiary alicyclic amines) is 1. The number of piperidine rings is 1. The summed E-state index contributed by atoms with van der Waals surface area (Å²) < 4.78 is 0. The Hall–Kier alpha value is -2.78. The smallest absolute Gasteiger partial charge is 0.313 e. The highest BCUT2D eigenvalue weighted by atomic mass is 32.1. The van der Waals surface area contributed by atoms with Crippen molar-refractivity contribution in [3.05, 3.63) is 56.3 Å². The summed E-state index contributed by atoms with van der Waals surface area (Å²) in [5, 5.41) is 20.3. The summed E-state index contributed by atoms with van der Waals surface area (Å²) >= 11 is 1.60. The van der Waals surface area contributed by atoms with E-state index in [0.29, 0.717) is 12.1 Å². The fourth-order valence-corrected chi connectivity index (χ4v) is 4.21. The first-order valence-electron chi connectivity index (χ1n) is 9.56. The number of aryl methyl sites for hydroxylation is 1. The predicted octanol–water partition coefficient (Wildman–Crippen LogP) is 3.25. The van der Waals surface area contributed by atoms with Crippen LogP contribution in [-0.2, 0) is 9.59 Å². The molecule has 1 fully saturated rings. The Morgan fingerprint density at radius 3 is 2.62 bits per heavy atom. The monoisotopic (exact) mass is 416 g/mol. The van der Waals surface area contributed by atoms with Crippen LogP contribution in [-0.4, -0.2) is 41.3 Å². The topological polar surface area (TPSA) is 105 Å². The lowest BCUT2D eigenvalue weighted by atomic mass is 10.0. The highest BCUT2D eigenvalue weighted by Crippen LogP contribution is 2.27. The number of anilines is 1. The zero-order chi connectivity index (χ0) is 20.8. The number of carbonyl (C=O) groups is 2. The molecule has 0 radical (unpaired) electrons. The molecule has 0 saturated carbocycles. The first kappa shape index (κ1) is 20.9. The predicted molar refractivity (Wildman–Crippen MR) is 112 cm³/mol. The number of nitro groups is 1. The van der Waals surface area contributed by atoms with Gasteiger partial charge < -0.3 is 10.6 Å². The molecule has 1 aliphatic rings. The van der Waals surface area contributed by atoms with Crippen LogP contribution in [0.4, 0.5) is 11.4 Å². The van der Waals surface area contributed by atoms with Crippen molar-refractivity contribution < 1.29 is 14.5 Å². The van der Waals surface area contributed by atoms with Gasteiger partial charge in [-0.1, -0.05) is 12.5 Å². The number of nitro benzene ring substituents is 1. The Kier molecular flexibility index (Phi) is 6.95. The Labute approximate surface area is 173 Å². The van der Waals surface area contributed by atoms with E-state index < -0.39 is 16.7 Å². The maximum atomic E-state index is 12.3. The van der Waals surface area contributed by atoms with Gasteiger partial charge in [-0.2, -0.15) is 11.3 Å². The number of thiophene rings is 1. The summed E-state index contributed by atoms with van der Waals surface area (Å²) in [5.74, 6) is -1.73. The molecule has 2 aromatic rings. The summed E-state index contributed by atoms with van der Waals surface area (Å²) in [4.78, 5) is 37.6. The van der Waals surface area contributed by atoms with Gasteiger partial charge in [0.05, 0.1) is 11.0 Å². The fraction of sp³-hybridized carbons (Fsp3) is 0.400. The molecule has 1 unspecified atom stereocenters. The molecule has 8 nitrogen and oxygen atoms in total. The maximum absolute atomic E-state index is 12.3. The summed E-state index contributed by atoms with van der Waals surface area (Å²) in [7, 11) is 0. The quantitative estimate of drug-likeness (QED) is 0.427. The van der Waals surface area contributed by atoms with E-state index in [1.807, 2.05) is 11.4 Å². The fourth-order valence-electron chi connectivity index (χ4n) is 3.50. The van der Waals surface area contributed by atoms with E-state index in [0.717, 1.165) is 31.5 Å². The summed E-state index contributed by atoms with van der Waals surface area (Å²) in [6.45, 7) is 3.94. The lowest BCUT2D eigenvalue weighted by Gasteiger charge is -2.34. The number of rotatable bonds is 6. The average Bonchev–Trinajstić information content (AvgIpc) is 3.24. The zero-order valence-electron chi connectivity index (χ0n) is 16.2. The Bertz CT molecular complexity index is 879. The van der Waals surface area contributed by atoms with Gasteiger partial charge in [-0.15, -0.1) is 0 Å². The van der Waals surface area contributed by atoms with Crippen molar-refractivity contribution >= 4 is 34.5 Å². The normalized spacial score (nSPS) is 15.5. The molecule has 2 amide bonds. The second-order valence-corrected chi connectivity index (χ2v) is 7.89. The van der Waals surface area contributed by atoms with E-state index in [2.05, 4.69) is 20.9 Å². The van der Waals surface area contributed by atoms with E-state index >= 15 is 0 Å². The van der Waals surface area contributed by atoms with Crippen LogP contribution in [0.2, 0.25) is 0 Å². The second-order valence-electron chi connectivity index (χ2n) is 7.11. The van der Waals surface area contributed by atoms with Crippen molar-refractivity contribution in [3.8, 4) is 0 Å². The van der Waals surface area contributed by atoms with Crippen LogP contribution in [0.25, 0.3) is 0 Å². The van der Waals surface area contributed by atoms with Crippen LogP contribution in [0.1, 0.15) is 36.4 Å². The first-order valence-corrected chi connectivity index (χ1v) is 10.5. The highest BCUT2D eigenvalue weighted by Gasteiger charge is 2.25. The van der Waals surface area contributed by atoms with Gasteiger partial charge in [0, 0.05) is 12.6 Å². The van der Waals surface area contributed by atoms with Gasteiger partial charge in [0.15, 0.2) is 0 Å². The van der Waals surface area contributed by atoms with Gasteiger partial charge in [0.25, 0.3) is 5.69 Å². The summed E-state index contributed by atoms with van der Waals surface area (Å²) in [5.41, 5.74) is 1.58. The van der Waals surface area contributed by atoms with Crippen molar-refractivity contribution in [2.24, 2.45) is 0 Å². The van der Waals surface area contributed by atoms with E-state index in [-0.39, 0.29) is 17.4 Å². The Balaban J connectivity index is 1.64. The van der Waals surface area contributed by atoms with Crippen LogP contribution in [0.15, 0.2) is 35.0 Å². The van der Waals surface area contributed by atoms with Gasteiger partial charge in [-0.3, -0.25) is 24.6 Å². The number of hydrogen-bond donors (Lipinski definition) is 2. The molecule has 29 heavy (non-hydrogen) atoms. The molecule has 1 atom stereocenters. The van der Waals surface area contributed by atoms with E-state index in [1.54, 1.807) is 24.3 Å². The van der Waals surface area contributed by atoms with Gasteiger partial charge in [0.1, 0.15) is 5.69 Å². The van der Waals surface area contributed by atoms with Crippen molar-refractivity contribution in [1.82, 2.24) is 10.2 Å². The van der Waals surface area contributed by atoms with E-state index in [4.69, 9.17) is 0 Å². The molecule has 0 spiro atoms. The van der Waals surface area contributed by atoms with Crippen molar-refractivity contribution in [3.63, 3.8) is 0 Å². The highest BCUT2D eigenvalue weighted by molar-refractivity contribution is 7.08. The summed E-state index contributed by atoms with van der Waals surface area (Å²) in [6, 6.07) is 6.47. The first-order chi connectivity index (χ1) is 14.0. The number of carbonyl (C=O) groups excluding carboxylic acids is 2. The van der Waals surface area contributed by atoms with E-state index in [9.17, 15) is 19.7 Å². The van der Waals surface area contributed by atoms with Crippen molar-refractivity contribution in [1.29, 1.82) is 0 Å². The van der Waals surface area contributed by atoms with Gasteiger partial charge in [-0.25, -0.2) is 0 Å². The molecule has 3 rings (SSSR count). The third kappa shape index (κ3) is 5.39. The summed E-state index contributed by atoms with van der Waals surface area (Å²) in [6.07, 6.45) is 3.44. The minimum absolute atomic E-state index is 0.00571. The van der Waals surface area contributed by atoms with Gasteiger partial charge in [0.2, 0.25) is 0 Å². The molecule has 2 N–H and O–H groups in total. The van der Waals surface area contributed by atoms with Gasteiger partial charge in [-0.05, 0) is 66.9 Å². The molecular weight excluding hydrogens is 392 g/mol. The molecule has 0 bridgehead atoms. The van der Waals surface area contributed by atoms with Crippen LogP contribution < -0.4 is 10.6 Å². The number of amides is 2. The molecule has 9 heteroatoms. The Morgan fingerprint density at radius 1 is 1.21 bits per heavy atom. The molecule has 1 aromatic heterocycles. The van der Waals surface area contributed by atoms with Crippen LogP contribution in [0, 0.1) is 17.0 Å². The SMILES string of the molecule is Cc1ccc(NC(=O)C(=O)NCC(c2ccsc2)N2CCCCC2)c([N+](=O)[O-])c1. The molecule has 0 aliphatic carbocycles. The number of benzene rings is 1. The second kappa shape index (κ2) is 9.62. The largest absolute Gasteiger partial charge is 0.346 e. The standard InChI is InChI=1S/C20H24N4O4S/c1-14-5-6-16(17(11-14)24(27)28)22-20(26)19(25)21-12-18(15-7-10-29-13-15)23-8-3-2-4-9-23/h5-7,10-11,13,18H,2-4,8-9,12H2,1H3,(H,21,25)(H,22,26). The number of nitrogens with one attached hydrogen (secondary N) is 2. The molecule has 1 aromatic carbocycles. The van der Waals surface area contributed by atoms with Crippen molar-refractivity contribution in [2.45, 2.75) is 32.2 Å². The number of hydrogen-bond acceptors (Lipinski definition) is 6. The minimum Gasteiger partial charge on any atom is -0.346 e. The average molecular weight is 417 g/mol.